The topological polar surface area (TPSA) is 51.9 Å². The van der Waals surface area contributed by atoms with Gasteiger partial charge in [0, 0.05) is 10.6 Å². The molecule has 0 aliphatic carbocycles. The molecule has 1 aromatic heterocycles. The van der Waals surface area contributed by atoms with Gasteiger partial charge >= 0.3 is 5.95 Å². The highest BCUT2D eigenvalue weighted by Crippen LogP contribution is 2.31. The van der Waals surface area contributed by atoms with Crippen molar-refractivity contribution in [3.8, 4) is 5.75 Å². The van der Waals surface area contributed by atoms with E-state index in [1.165, 1.54) is 24.8 Å². The predicted molar refractivity (Wildman–Crippen MR) is 108 cm³/mol. The van der Waals surface area contributed by atoms with E-state index in [1.807, 2.05) is 12.1 Å². The van der Waals surface area contributed by atoms with Crippen molar-refractivity contribution in [1.29, 1.82) is 0 Å². The van der Waals surface area contributed by atoms with Crippen molar-refractivity contribution in [1.82, 2.24) is 4.98 Å². The van der Waals surface area contributed by atoms with Crippen molar-refractivity contribution >= 4 is 40.2 Å². The van der Waals surface area contributed by atoms with E-state index < -0.39 is 0 Å². The summed E-state index contributed by atoms with van der Waals surface area (Å²) in [6.45, 7) is 3.58. The Balaban J connectivity index is 1.82. The number of aromatic hydroxyl groups is 1. The molecular weight excluding hydrogens is 369 g/mol. The van der Waals surface area contributed by atoms with Crippen LogP contribution in [0.1, 0.15) is 38.2 Å². The van der Waals surface area contributed by atoms with E-state index in [9.17, 15) is 5.11 Å². The van der Waals surface area contributed by atoms with Crippen LogP contribution in [0.3, 0.4) is 0 Å². The predicted octanol–water partition coefficient (Wildman–Crippen LogP) is 5.66. The Kier molecular flexibility index (Phi) is 6.28. The van der Waals surface area contributed by atoms with E-state index in [1.54, 1.807) is 12.1 Å². The van der Waals surface area contributed by atoms with E-state index in [4.69, 9.17) is 23.2 Å². The van der Waals surface area contributed by atoms with Crippen LogP contribution in [0, 0.1) is 0 Å². The van der Waals surface area contributed by atoms with Gasteiger partial charge in [-0.05, 0) is 30.7 Å². The van der Waals surface area contributed by atoms with E-state index in [0.717, 1.165) is 24.4 Å². The summed E-state index contributed by atoms with van der Waals surface area (Å²) in [7, 11) is 0. The quantitative estimate of drug-likeness (QED) is 0.342. The molecule has 0 aliphatic rings. The molecule has 0 fully saturated rings. The molecule has 0 spiro atoms. The van der Waals surface area contributed by atoms with Crippen LogP contribution < -0.4 is 9.88 Å². The summed E-state index contributed by atoms with van der Waals surface area (Å²) in [5.74, 6) is 0.979. The molecule has 0 bridgehead atoms. The summed E-state index contributed by atoms with van der Waals surface area (Å²) in [4.78, 5) is 3.43. The van der Waals surface area contributed by atoms with Crippen molar-refractivity contribution in [3.05, 3.63) is 52.0 Å². The lowest BCUT2D eigenvalue weighted by molar-refractivity contribution is -0.657. The largest absolute Gasteiger partial charge is 0.506 e. The number of fused-ring (bicyclic) bond motifs is 1. The summed E-state index contributed by atoms with van der Waals surface area (Å²) in [6, 6.07) is 11.5. The maximum Gasteiger partial charge on any atom is 0.356 e. The number of imidazole rings is 1. The second kappa shape index (κ2) is 8.65. The zero-order chi connectivity index (χ0) is 18.5. The third-order valence-electron chi connectivity index (χ3n) is 4.51. The van der Waals surface area contributed by atoms with Crippen LogP contribution in [-0.4, -0.2) is 10.1 Å². The van der Waals surface area contributed by atoms with Crippen LogP contribution in [0.15, 0.2) is 36.4 Å². The molecule has 6 heteroatoms. The Labute approximate surface area is 163 Å². The fourth-order valence-electron chi connectivity index (χ4n) is 3.13. The Morgan fingerprint density at radius 2 is 1.92 bits per heavy atom. The number of H-pyrrole nitrogens is 1. The zero-order valence-corrected chi connectivity index (χ0v) is 16.4. The van der Waals surface area contributed by atoms with Crippen molar-refractivity contribution in [2.75, 3.05) is 5.32 Å². The number of hydrogen-bond acceptors (Lipinski definition) is 2. The van der Waals surface area contributed by atoms with E-state index in [2.05, 4.69) is 33.9 Å². The second-order valence-electron chi connectivity index (χ2n) is 6.45. The van der Waals surface area contributed by atoms with Crippen molar-refractivity contribution < 1.29 is 9.67 Å². The number of phenols is 1. The van der Waals surface area contributed by atoms with Gasteiger partial charge in [-0.3, -0.25) is 5.32 Å². The third kappa shape index (κ3) is 4.25. The first-order chi connectivity index (χ1) is 12.6. The summed E-state index contributed by atoms with van der Waals surface area (Å²) >= 11 is 12.1. The molecule has 0 atom stereocenters. The first-order valence-electron chi connectivity index (χ1n) is 9.01. The van der Waals surface area contributed by atoms with Gasteiger partial charge in [0.25, 0.3) is 0 Å². The Hall–Kier alpha value is -1.91. The zero-order valence-electron chi connectivity index (χ0n) is 14.9. The normalized spacial score (nSPS) is 11.2. The standard InChI is InChI=1S/C20H23Cl2N3O/c1-2-3-4-7-10-25-18-9-6-5-8-17(18)24-20(25)23-13-14-11-15(21)12-16(22)19(14)26/h5-6,8-9,11-12H,2-4,7,10,13H2,1H3,(H2,23,24,26)/p+1. The molecule has 138 valence electrons. The molecule has 0 amide bonds. The van der Waals surface area contributed by atoms with Crippen molar-refractivity contribution in [3.63, 3.8) is 0 Å². The Morgan fingerprint density at radius 3 is 2.73 bits per heavy atom. The smallest absolute Gasteiger partial charge is 0.356 e. The molecule has 2 aromatic carbocycles. The Morgan fingerprint density at radius 1 is 1.12 bits per heavy atom. The van der Waals surface area contributed by atoms with Crippen LogP contribution in [0.2, 0.25) is 10.0 Å². The number of halogens is 2. The molecule has 1 heterocycles. The number of aryl methyl sites for hydroxylation is 1. The van der Waals surface area contributed by atoms with Crippen LogP contribution >= 0.6 is 23.2 Å². The molecule has 0 saturated heterocycles. The van der Waals surface area contributed by atoms with Gasteiger partial charge in [0.15, 0.2) is 0 Å². The number of nitrogens with zero attached hydrogens (tertiary/aromatic N) is 1. The van der Waals surface area contributed by atoms with Gasteiger partial charge in [-0.15, -0.1) is 0 Å². The monoisotopic (exact) mass is 392 g/mol. The molecule has 3 aromatic rings. The summed E-state index contributed by atoms with van der Waals surface area (Å²) in [6.07, 6.45) is 4.81. The van der Waals surface area contributed by atoms with Crippen LogP contribution in [-0.2, 0) is 13.1 Å². The highest BCUT2D eigenvalue weighted by atomic mass is 35.5. The van der Waals surface area contributed by atoms with Gasteiger partial charge in [0.05, 0.1) is 18.1 Å². The van der Waals surface area contributed by atoms with Crippen molar-refractivity contribution in [2.45, 2.75) is 45.7 Å². The molecule has 0 radical (unpaired) electrons. The van der Waals surface area contributed by atoms with E-state index in [-0.39, 0.29) is 10.8 Å². The number of anilines is 1. The van der Waals surface area contributed by atoms with Crippen LogP contribution in [0.4, 0.5) is 5.95 Å². The number of nitrogens with one attached hydrogen (secondary N) is 2. The fraction of sp³-hybridized carbons (Fsp3) is 0.350. The first kappa shape index (κ1) is 18.9. The summed E-state index contributed by atoms with van der Waals surface area (Å²) in [5.41, 5.74) is 2.91. The molecule has 26 heavy (non-hydrogen) atoms. The van der Waals surface area contributed by atoms with E-state index in [0.29, 0.717) is 17.1 Å². The number of phenolic OH excluding ortho intramolecular Hbond substituents is 1. The van der Waals surface area contributed by atoms with E-state index >= 15 is 0 Å². The van der Waals surface area contributed by atoms with Gasteiger partial charge in [-0.1, -0.05) is 61.5 Å². The SMILES string of the molecule is CCCCCC[n+]1c(NCc2cc(Cl)cc(Cl)c2O)[nH]c2ccccc21. The summed E-state index contributed by atoms with van der Waals surface area (Å²) < 4.78 is 2.26. The molecule has 0 unspecified atom stereocenters. The highest BCUT2D eigenvalue weighted by molar-refractivity contribution is 6.35. The minimum Gasteiger partial charge on any atom is -0.506 e. The number of aromatic nitrogens is 2. The Bertz CT molecular complexity index is 892. The van der Waals surface area contributed by atoms with Crippen molar-refractivity contribution in [2.24, 2.45) is 0 Å². The number of benzene rings is 2. The molecule has 0 aliphatic heterocycles. The lowest BCUT2D eigenvalue weighted by atomic mass is 10.2. The number of rotatable bonds is 8. The minimum absolute atomic E-state index is 0.0640. The lowest BCUT2D eigenvalue weighted by Crippen LogP contribution is -2.36. The van der Waals surface area contributed by atoms with Crippen LogP contribution in [0.25, 0.3) is 11.0 Å². The lowest BCUT2D eigenvalue weighted by Gasteiger charge is -2.07. The maximum absolute atomic E-state index is 10.2. The fourth-order valence-corrected chi connectivity index (χ4v) is 3.67. The number of para-hydroxylation sites is 2. The number of aromatic amines is 1. The second-order valence-corrected chi connectivity index (χ2v) is 7.30. The van der Waals surface area contributed by atoms with Gasteiger partial charge in [0.1, 0.15) is 16.8 Å². The highest BCUT2D eigenvalue weighted by Gasteiger charge is 2.18. The third-order valence-corrected chi connectivity index (χ3v) is 5.01. The molecule has 3 rings (SSSR count). The average molecular weight is 393 g/mol. The number of hydrogen-bond donors (Lipinski definition) is 3. The average Bonchev–Trinajstić information content (AvgIpc) is 2.98. The maximum atomic E-state index is 10.2. The molecule has 0 saturated carbocycles. The first-order valence-corrected chi connectivity index (χ1v) is 9.77. The minimum atomic E-state index is 0.0640. The number of unbranched alkanes of at least 4 members (excludes halogenated alkanes) is 3. The summed E-state index contributed by atoms with van der Waals surface area (Å²) in [5, 5.41) is 14.3. The molecular formula is C20H24Cl2N3O+. The van der Waals surface area contributed by atoms with Gasteiger partial charge < -0.3 is 5.11 Å². The van der Waals surface area contributed by atoms with Gasteiger partial charge in [-0.2, -0.15) is 0 Å². The van der Waals surface area contributed by atoms with Gasteiger partial charge in [-0.25, -0.2) is 9.55 Å². The molecule has 4 nitrogen and oxygen atoms in total. The molecule has 3 N–H and O–H groups in total. The van der Waals surface area contributed by atoms with Gasteiger partial charge in [0.2, 0.25) is 0 Å². The van der Waals surface area contributed by atoms with Crippen LogP contribution in [0.5, 0.6) is 5.75 Å².